The third-order valence-corrected chi connectivity index (χ3v) is 8.29. The number of rotatable bonds is 5. The molecule has 4 aromatic rings. The van der Waals surface area contributed by atoms with Crippen LogP contribution >= 0.6 is 0 Å². The maximum atomic E-state index is 13.7. The number of nitrogens with zero attached hydrogens (tertiary/aromatic N) is 4. The Morgan fingerprint density at radius 2 is 1.79 bits per heavy atom. The van der Waals surface area contributed by atoms with Crippen molar-refractivity contribution in [3.05, 3.63) is 75.2 Å². The largest absolute Gasteiger partial charge is 0.339 e. The average molecular weight is 514 g/mol. The quantitative estimate of drug-likeness (QED) is 0.384. The van der Waals surface area contributed by atoms with E-state index in [2.05, 4.69) is 27.2 Å². The summed E-state index contributed by atoms with van der Waals surface area (Å²) < 4.78 is 14.4. The third-order valence-electron chi connectivity index (χ3n) is 8.29. The number of aromatic amines is 1. The van der Waals surface area contributed by atoms with Gasteiger partial charge in [0.25, 0.3) is 11.5 Å². The first-order valence-electron chi connectivity index (χ1n) is 13.5. The smallest absolute Gasteiger partial charge is 0.274 e. The number of aromatic nitrogens is 4. The highest BCUT2D eigenvalue weighted by atomic mass is 19.1. The fourth-order valence-electron chi connectivity index (χ4n) is 5.80. The van der Waals surface area contributed by atoms with Gasteiger partial charge in [-0.25, -0.2) is 0 Å². The van der Waals surface area contributed by atoms with E-state index >= 15 is 0 Å². The van der Waals surface area contributed by atoms with Crippen LogP contribution < -0.4 is 5.56 Å². The van der Waals surface area contributed by atoms with Crippen LogP contribution in [0.4, 0.5) is 4.39 Å². The summed E-state index contributed by atoms with van der Waals surface area (Å²) >= 11 is 0. The van der Waals surface area contributed by atoms with Crippen molar-refractivity contribution in [3.63, 3.8) is 0 Å². The summed E-state index contributed by atoms with van der Waals surface area (Å²) in [6.45, 7) is 4.14. The van der Waals surface area contributed by atoms with E-state index in [4.69, 9.17) is 0 Å². The van der Waals surface area contributed by atoms with E-state index in [1.807, 2.05) is 32.0 Å². The maximum absolute atomic E-state index is 13.7. The maximum Gasteiger partial charge on any atom is 0.274 e. The van der Waals surface area contributed by atoms with Crippen molar-refractivity contribution in [2.24, 2.45) is 5.92 Å². The van der Waals surface area contributed by atoms with E-state index in [-0.39, 0.29) is 17.4 Å². The summed E-state index contributed by atoms with van der Waals surface area (Å²) in [5.74, 6) is 0.166. The zero-order valence-corrected chi connectivity index (χ0v) is 21.8. The summed E-state index contributed by atoms with van der Waals surface area (Å²) in [4.78, 5) is 36.5. The van der Waals surface area contributed by atoms with Gasteiger partial charge in [0, 0.05) is 31.3 Å². The molecule has 3 aromatic heterocycles. The van der Waals surface area contributed by atoms with Crippen LogP contribution in [0.25, 0.3) is 28.3 Å². The van der Waals surface area contributed by atoms with Crippen LogP contribution in [-0.4, -0.2) is 50.2 Å². The van der Waals surface area contributed by atoms with Crippen molar-refractivity contribution in [1.29, 1.82) is 0 Å². The molecular weight excluding hydrogens is 481 g/mol. The second-order valence-corrected chi connectivity index (χ2v) is 10.8. The van der Waals surface area contributed by atoms with E-state index < -0.39 is 6.67 Å². The lowest BCUT2D eigenvalue weighted by Gasteiger charge is -2.37. The SMILES string of the molecule is Cc1ccnc(-c2nn3c(=O)cc(-c4ccc(C5CCCCC5)cc4)[nH]c3c2C(=O)N2CC(CF)C2)c1C. The van der Waals surface area contributed by atoms with Crippen LogP contribution in [0.5, 0.6) is 0 Å². The molecule has 1 saturated heterocycles. The first kappa shape index (κ1) is 24.5. The van der Waals surface area contributed by atoms with Crippen LogP contribution in [0, 0.1) is 19.8 Å². The van der Waals surface area contributed by atoms with Gasteiger partial charge in [-0.05, 0) is 60.9 Å². The minimum atomic E-state index is -0.457. The molecule has 1 amide bonds. The number of aryl methyl sites for hydroxylation is 1. The van der Waals surface area contributed by atoms with Gasteiger partial charge in [0.2, 0.25) is 0 Å². The number of hydrogen-bond donors (Lipinski definition) is 1. The van der Waals surface area contributed by atoms with Crippen LogP contribution in [0.3, 0.4) is 0 Å². The van der Waals surface area contributed by atoms with Gasteiger partial charge >= 0.3 is 0 Å². The molecule has 0 spiro atoms. The van der Waals surface area contributed by atoms with E-state index in [0.29, 0.717) is 47.3 Å². The van der Waals surface area contributed by atoms with Crippen molar-refractivity contribution >= 4 is 11.6 Å². The predicted octanol–water partition coefficient (Wildman–Crippen LogP) is 5.46. The summed E-state index contributed by atoms with van der Waals surface area (Å²) in [6, 6.07) is 11.8. The Hall–Kier alpha value is -3.81. The van der Waals surface area contributed by atoms with E-state index in [9.17, 15) is 14.0 Å². The fourth-order valence-corrected chi connectivity index (χ4v) is 5.80. The number of pyridine rings is 1. The lowest BCUT2D eigenvalue weighted by Crippen LogP contribution is -2.50. The van der Waals surface area contributed by atoms with Gasteiger partial charge in [-0.15, -0.1) is 0 Å². The van der Waals surface area contributed by atoms with Gasteiger partial charge in [-0.2, -0.15) is 9.61 Å². The molecule has 8 heteroatoms. The van der Waals surface area contributed by atoms with E-state index in [1.165, 1.54) is 48.2 Å². The highest BCUT2D eigenvalue weighted by Crippen LogP contribution is 2.34. The summed E-state index contributed by atoms with van der Waals surface area (Å²) in [5, 5.41) is 4.58. The predicted molar refractivity (Wildman–Crippen MR) is 145 cm³/mol. The van der Waals surface area contributed by atoms with Gasteiger partial charge < -0.3 is 9.88 Å². The summed E-state index contributed by atoms with van der Waals surface area (Å²) in [6.07, 6.45) is 7.98. The second-order valence-electron chi connectivity index (χ2n) is 10.8. The lowest BCUT2D eigenvalue weighted by molar-refractivity contribution is 0.0455. The van der Waals surface area contributed by atoms with Crippen molar-refractivity contribution < 1.29 is 9.18 Å². The number of amides is 1. The summed E-state index contributed by atoms with van der Waals surface area (Å²) in [7, 11) is 0. The van der Waals surface area contributed by atoms with Crippen molar-refractivity contribution in [1.82, 2.24) is 24.5 Å². The monoisotopic (exact) mass is 513 g/mol. The minimum Gasteiger partial charge on any atom is -0.339 e. The molecule has 0 radical (unpaired) electrons. The molecule has 1 aliphatic carbocycles. The minimum absolute atomic E-state index is 0.152. The molecular formula is C30H32FN5O2. The number of carbonyl (C=O) groups is 1. The number of alkyl halides is 1. The molecule has 0 unspecified atom stereocenters. The van der Waals surface area contributed by atoms with Crippen molar-refractivity contribution in [2.45, 2.75) is 51.9 Å². The molecule has 38 heavy (non-hydrogen) atoms. The Bertz CT molecular complexity index is 1560. The molecule has 1 saturated carbocycles. The number of fused-ring (bicyclic) bond motifs is 1. The highest BCUT2D eigenvalue weighted by Gasteiger charge is 2.35. The third kappa shape index (κ3) is 4.22. The van der Waals surface area contributed by atoms with Gasteiger partial charge in [-0.1, -0.05) is 43.5 Å². The summed E-state index contributed by atoms with van der Waals surface area (Å²) in [5.41, 5.74) is 5.94. The molecule has 2 fully saturated rings. The molecule has 2 aliphatic rings. The number of carbonyl (C=O) groups excluding carboxylic acids is 1. The number of halogens is 1. The van der Waals surface area contributed by atoms with Crippen LogP contribution in [-0.2, 0) is 0 Å². The standard InChI is InChI=1S/C30H32FN5O2/c1-18-12-13-32-27(19(18)2)28-26(30(38)35-16-20(15-31)17-35)29-33-24(14-25(37)36(29)34-28)23-10-8-22(9-11-23)21-6-4-3-5-7-21/h8-14,20-21,33H,3-7,15-17H2,1-2H3. The highest BCUT2D eigenvalue weighted by molar-refractivity contribution is 6.06. The Morgan fingerprint density at radius 3 is 2.50 bits per heavy atom. The lowest BCUT2D eigenvalue weighted by atomic mass is 9.84. The molecule has 196 valence electrons. The van der Waals surface area contributed by atoms with Gasteiger partial charge in [0.05, 0.1) is 18.1 Å². The second kappa shape index (κ2) is 9.82. The topological polar surface area (TPSA) is 83.4 Å². The van der Waals surface area contributed by atoms with Crippen molar-refractivity contribution in [2.75, 3.05) is 19.8 Å². The Labute approximate surface area is 220 Å². The molecule has 1 aliphatic heterocycles. The molecule has 6 rings (SSSR count). The Kier molecular flexibility index (Phi) is 6.33. The van der Waals surface area contributed by atoms with Gasteiger partial charge in [0.1, 0.15) is 11.3 Å². The normalized spacial score (nSPS) is 16.7. The Morgan fingerprint density at radius 1 is 1.05 bits per heavy atom. The molecule has 7 nitrogen and oxygen atoms in total. The zero-order valence-electron chi connectivity index (χ0n) is 21.8. The Balaban J connectivity index is 1.47. The van der Waals surface area contributed by atoms with E-state index in [0.717, 1.165) is 16.7 Å². The van der Waals surface area contributed by atoms with Gasteiger partial charge in [-0.3, -0.25) is 19.0 Å². The number of likely N-dealkylation sites (tertiary alicyclic amines) is 1. The fraction of sp³-hybridized carbons (Fsp3) is 0.400. The van der Waals surface area contributed by atoms with Crippen LogP contribution in [0.15, 0.2) is 47.4 Å². The molecule has 1 N–H and O–H groups in total. The number of benzene rings is 1. The van der Waals surface area contributed by atoms with Gasteiger partial charge in [0.15, 0.2) is 5.65 Å². The zero-order chi connectivity index (χ0) is 26.4. The van der Waals surface area contributed by atoms with E-state index in [1.54, 1.807) is 11.1 Å². The number of hydrogen-bond acceptors (Lipinski definition) is 4. The molecule has 0 atom stereocenters. The first-order chi connectivity index (χ1) is 18.4. The molecule has 4 heterocycles. The van der Waals surface area contributed by atoms with Crippen molar-refractivity contribution in [3.8, 4) is 22.6 Å². The first-order valence-corrected chi connectivity index (χ1v) is 13.5. The number of nitrogens with one attached hydrogen (secondary N) is 1. The number of H-pyrrole nitrogens is 1. The molecule has 0 bridgehead atoms. The van der Waals surface area contributed by atoms with Crippen LogP contribution in [0.2, 0.25) is 0 Å². The average Bonchev–Trinajstić information content (AvgIpc) is 3.30. The van der Waals surface area contributed by atoms with Crippen LogP contribution in [0.1, 0.15) is 65.1 Å². The molecule has 1 aromatic carbocycles.